The van der Waals surface area contributed by atoms with E-state index >= 15 is 0 Å². The zero-order valence-electron chi connectivity index (χ0n) is 21.8. The summed E-state index contributed by atoms with van der Waals surface area (Å²) in [4.78, 5) is 39.4. The summed E-state index contributed by atoms with van der Waals surface area (Å²) in [6.07, 6.45) is 4.03. The predicted octanol–water partition coefficient (Wildman–Crippen LogP) is 5.80. The van der Waals surface area contributed by atoms with Crippen LogP contribution in [0.25, 0.3) is 0 Å². The van der Waals surface area contributed by atoms with Crippen molar-refractivity contribution in [3.63, 3.8) is 0 Å². The number of methoxy groups -OCH3 is 1. The van der Waals surface area contributed by atoms with Gasteiger partial charge in [-0.2, -0.15) is 0 Å². The van der Waals surface area contributed by atoms with E-state index in [1.165, 1.54) is 19.6 Å². The molecular weight excluding hydrogens is 478 g/mol. The second-order valence-electron chi connectivity index (χ2n) is 10.1. The molecule has 7 nitrogen and oxygen atoms in total. The molecule has 1 aliphatic carbocycles. The van der Waals surface area contributed by atoms with Crippen molar-refractivity contribution in [1.29, 1.82) is 0 Å². The van der Waals surface area contributed by atoms with Crippen molar-refractivity contribution in [1.82, 2.24) is 4.90 Å². The molecule has 196 valence electrons. The summed E-state index contributed by atoms with van der Waals surface area (Å²) in [6.45, 7) is 2.73. The molecule has 0 radical (unpaired) electrons. The molecule has 2 fully saturated rings. The van der Waals surface area contributed by atoms with Crippen LogP contribution in [-0.2, 0) is 4.79 Å². The molecule has 0 spiro atoms. The minimum atomic E-state index is -0.220. The second kappa shape index (κ2) is 11.1. The van der Waals surface area contributed by atoms with Crippen molar-refractivity contribution in [3.8, 4) is 5.75 Å². The zero-order valence-corrected chi connectivity index (χ0v) is 21.8. The third kappa shape index (κ3) is 5.72. The molecule has 0 aromatic heterocycles. The highest BCUT2D eigenvalue weighted by Crippen LogP contribution is 2.41. The molecule has 0 bridgehead atoms. The van der Waals surface area contributed by atoms with Crippen LogP contribution in [0.3, 0.4) is 0 Å². The quantitative estimate of drug-likeness (QED) is 0.420. The molecule has 5 rings (SSSR count). The lowest BCUT2D eigenvalue weighted by atomic mass is 9.89. The number of carbonyl (C=O) groups excluding carboxylic acids is 3. The molecule has 3 amide bonds. The minimum absolute atomic E-state index is 0.0535. The lowest BCUT2D eigenvalue weighted by molar-refractivity contribution is -0.114. The summed E-state index contributed by atoms with van der Waals surface area (Å²) in [5, 5.41) is 5.77. The number of likely N-dealkylation sites (tertiary alicyclic amines) is 1. The number of rotatable bonds is 7. The predicted molar refractivity (Wildman–Crippen MR) is 148 cm³/mol. The van der Waals surface area contributed by atoms with Gasteiger partial charge in [-0.1, -0.05) is 30.3 Å². The molecule has 1 saturated heterocycles. The molecule has 2 N–H and O–H groups in total. The van der Waals surface area contributed by atoms with Crippen LogP contribution in [0.5, 0.6) is 5.75 Å². The highest BCUT2D eigenvalue weighted by atomic mass is 16.5. The monoisotopic (exact) mass is 511 g/mol. The van der Waals surface area contributed by atoms with Gasteiger partial charge in [-0.3, -0.25) is 14.4 Å². The molecule has 7 heteroatoms. The summed E-state index contributed by atoms with van der Waals surface area (Å²) in [5.41, 5.74) is 4.92. The fraction of sp³-hybridized carbons (Fsp3) is 0.323. The van der Waals surface area contributed by atoms with Crippen molar-refractivity contribution >= 4 is 29.1 Å². The van der Waals surface area contributed by atoms with E-state index in [1.54, 1.807) is 18.2 Å². The number of carbonyl (C=O) groups is 3. The Morgan fingerprint density at radius 2 is 1.55 bits per heavy atom. The van der Waals surface area contributed by atoms with E-state index in [0.29, 0.717) is 41.9 Å². The van der Waals surface area contributed by atoms with E-state index in [4.69, 9.17) is 4.74 Å². The Kier molecular flexibility index (Phi) is 7.45. The number of hydrogen-bond acceptors (Lipinski definition) is 4. The number of anilines is 2. The normalized spacial score (nSPS) is 15.6. The second-order valence-corrected chi connectivity index (χ2v) is 10.1. The standard InChI is InChI=1S/C31H33N3O4/c1-20(35)32-28-19-24(11-14-29(28)38-2)31(37)34-17-15-22(16-18-34)21-9-12-25(13-10-21)33-30(36)27-6-4-3-5-26(27)23-7-8-23/h3-6,9-14,19,22-23H,7-8,15-18H2,1-2H3,(H,32,35)(H,33,36). The van der Waals surface area contributed by atoms with Gasteiger partial charge in [-0.25, -0.2) is 0 Å². The smallest absolute Gasteiger partial charge is 0.255 e. The average Bonchev–Trinajstić information content (AvgIpc) is 3.78. The molecule has 38 heavy (non-hydrogen) atoms. The van der Waals surface area contributed by atoms with Crippen LogP contribution >= 0.6 is 0 Å². The molecule has 0 atom stereocenters. The Morgan fingerprint density at radius 3 is 2.21 bits per heavy atom. The highest BCUT2D eigenvalue weighted by molar-refractivity contribution is 6.05. The number of nitrogens with zero attached hydrogens (tertiary/aromatic N) is 1. The number of amides is 3. The maximum absolute atomic E-state index is 13.1. The number of benzene rings is 3. The number of ether oxygens (including phenoxy) is 1. The van der Waals surface area contributed by atoms with Crippen LogP contribution in [0.1, 0.15) is 76.3 Å². The number of nitrogens with one attached hydrogen (secondary N) is 2. The van der Waals surface area contributed by atoms with Gasteiger partial charge in [0.05, 0.1) is 12.8 Å². The molecule has 3 aromatic rings. The molecule has 1 aliphatic heterocycles. The van der Waals surface area contributed by atoms with Gasteiger partial charge in [0.25, 0.3) is 11.8 Å². The molecular formula is C31H33N3O4. The van der Waals surface area contributed by atoms with Crippen LogP contribution in [-0.4, -0.2) is 42.8 Å². The van der Waals surface area contributed by atoms with Gasteiger partial charge in [0, 0.05) is 36.8 Å². The van der Waals surface area contributed by atoms with Gasteiger partial charge in [-0.15, -0.1) is 0 Å². The first-order valence-corrected chi connectivity index (χ1v) is 13.2. The third-order valence-electron chi connectivity index (χ3n) is 7.40. The van der Waals surface area contributed by atoms with E-state index in [0.717, 1.165) is 42.5 Å². The summed E-state index contributed by atoms with van der Waals surface area (Å²) >= 11 is 0. The van der Waals surface area contributed by atoms with Gasteiger partial charge in [0.1, 0.15) is 5.75 Å². The van der Waals surface area contributed by atoms with E-state index in [1.807, 2.05) is 35.2 Å². The number of hydrogen-bond donors (Lipinski definition) is 2. The Balaban J connectivity index is 1.18. The van der Waals surface area contributed by atoms with E-state index in [2.05, 4.69) is 28.8 Å². The molecule has 0 unspecified atom stereocenters. The van der Waals surface area contributed by atoms with Crippen molar-refractivity contribution in [3.05, 3.63) is 89.0 Å². The van der Waals surface area contributed by atoms with Gasteiger partial charge in [0.15, 0.2) is 0 Å². The lowest BCUT2D eigenvalue weighted by Gasteiger charge is -2.32. The van der Waals surface area contributed by atoms with Gasteiger partial charge in [0.2, 0.25) is 5.91 Å². The third-order valence-corrected chi connectivity index (χ3v) is 7.40. The van der Waals surface area contributed by atoms with Crippen molar-refractivity contribution in [2.45, 2.75) is 44.4 Å². The van der Waals surface area contributed by atoms with Crippen LogP contribution in [0.2, 0.25) is 0 Å². The Labute approximate surface area is 223 Å². The first kappa shape index (κ1) is 25.5. The minimum Gasteiger partial charge on any atom is -0.495 e. The fourth-order valence-electron chi connectivity index (χ4n) is 5.22. The lowest BCUT2D eigenvalue weighted by Crippen LogP contribution is -2.38. The largest absolute Gasteiger partial charge is 0.495 e. The molecule has 1 saturated carbocycles. The Morgan fingerprint density at radius 1 is 0.842 bits per heavy atom. The summed E-state index contributed by atoms with van der Waals surface area (Å²) in [7, 11) is 1.53. The Hall–Kier alpha value is -4.13. The zero-order chi connectivity index (χ0) is 26.6. The molecule has 2 aliphatic rings. The molecule has 3 aromatic carbocycles. The number of piperidine rings is 1. The van der Waals surface area contributed by atoms with Crippen LogP contribution < -0.4 is 15.4 Å². The maximum Gasteiger partial charge on any atom is 0.255 e. The Bertz CT molecular complexity index is 1340. The first-order chi connectivity index (χ1) is 18.4. The molecule has 1 heterocycles. The van der Waals surface area contributed by atoms with Gasteiger partial charge >= 0.3 is 0 Å². The SMILES string of the molecule is COc1ccc(C(=O)N2CCC(c3ccc(NC(=O)c4ccccc4C4CC4)cc3)CC2)cc1NC(C)=O. The van der Waals surface area contributed by atoms with E-state index in [9.17, 15) is 14.4 Å². The van der Waals surface area contributed by atoms with Crippen LogP contribution in [0.4, 0.5) is 11.4 Å². The summed E-state index contributed by atoms with van der Waals surface area (Å²) < 4.78 is 5.30. The van der Waals surface area contributed by atoms with E-state index < -0.39 is 0 Å². The van der Waals surface area contributed by atoms with Gasteiger partial charge < -0.3 is 20.3 Å². The highest BCUT2D eigenvalue weighted by Gasteiger charge is 2.28. The first-order valence-electron chi connectivity index (χ1n) is 13.2. The average molecular weight is 512 g/mol. The van der Waals surface area contributed by atoms with E-state index in [-0.39, 0.29) is 17.7 Å². The van der Waals surface area contributed by atoms with Crippen LogP contribution in [0, 0.1) is 0 Å². The topological polar surface area (TPSA) is 87.7 Å². The fourth-order valence-corrected chi connectivity index (χ4v) is 5.22. The van der Waals surface area contributed by atoms with Crippen molar-refractivity contribution in [2.24, 2.45) is 0 Å². The van der Waals surface area contributed by atoms with Crippen LogP contribution in [0.15, 0.2) is 66.7 Å². The maximum atomic E-state index is 13.1. The van der Waals surface area contributed by atoms with Crippen molar-refractivity contribution in [2.75, 3.05) is 30.8 Å². The summed E-state index contributed by atoms with van der Waals surface area (Å²) in [6, 6.07) is 21.1. The van der Waals surface area contributed by atoms with Gasteiger partial charge in [-0.05, 0) is 85.0 Å². The van der Waals surface area contributed by atoms with Crippen molar-refractivity contribution < 1.29 is 19.1 Å². The summed E-state index contributed by atoms with van der Waals surface area (Å²) in [5.74, 6) is 1.05.